The van der Waals surface area contributed by atoms with E-state index in [1.54, 1.807) is 6.92 Å². The second-order valence-corrected chi connectivity index (χ2v) is 3.41. The summed E-state index contributed by atoms with van der Waals surface area (Å²) in [5, 5.41) is 3.01. The van der Waals surface area contributed by atoms with Gasteiger partial charge in [0, 0.05) is 0 Å². The smallest absolute Gasteiger partial charge is 0.319 e. The van der Waals surface area contributed by atoms with Gasteiger partial charge in [-0.25, -0.2) is 0 Å². The molecule has 0 rings (SSSR count). The first-order valence-electron chi connectivity index (χ1n) is 3.86. The number of carbonyl (C=O) groups is 1. The summed E-state index contributed by atoms with van der Waals surface area (Å²) in [4.78, 5) is 10.8. The van der Waals surface area contributed by atoms with Gasteiger partial charge in [0.05, 0.1) is 13.2 Å². The van der Waals surface area contributed by atoms with Crippen molar-refractivity contribution in [1.82, 2.24) is 5.32 Å². The summed E-state index contributed by atoms with van der Waals surface area (Å²) in [5.74, 6) is -0.192. The fraction of sp³-hybridized carbons (Fsp3) is 0.800. The predicted octanol–water partition coefficient (Wildman–Crippen LogP) is -3.35. The summed E-state index contributed by atoms with van der Waals surface area (Å²) < 4.78 is 4.74. The zero-order valence-electron chi connectivity index (χ0n) is 7.73. The van der Waals surface area contributed by atoms with Crippen molar-refractivity contribution >= 4 is 29.5 Å². The van der Waals surface area contributed by atoms with E-state index in [0.29, 0.717) is 6.61 Å². The van der Waals surface area contributed by atoms with Crippen LogP contribution in [0.1, 0.15) is 6.92 Å². The number of hydrogen-bond acceptors (Lipinski definition) is 3. The monoisotopic (exact) mass is 153 g/mol. The van der Waals surface area contributed by atoms with Crippen LogP contribution in [0.3, 0.4) is 0 Å². The maximum atomic E-state index is 10.8. The Kier molecular flexibility index (Phi) is 4.34. The molecule has 0 atom stereocenters. The number of nitrogens with one attached hydrogen (secondary N) is 1. The van der Waals surface area contributed by atoms with E-state index in [1.165, 1.54) is 0 Å². The Morgan fingerprint density at radius 1 is 1.55 bits per heavy atom. The van der Waals surface area contributed by atoms with Crippen molar-refractivity contribution in [1.29, 1.82) is 0 Å². The fourth-order valence-electron chi connectivity index (χ4n) is 0.549. The molecule has 0 bridgehead atoms. The van der Waals surface area contributed by atoms with Crippen LogP contribution in [0.25, 0.3) is 0 Å². The van der Waals surface area contributed by atoms with Crippen LogP contribution in [0, 0.1) is 0 Å². The molecule has 0 radical (unpaired) electrons. The molecule has 0 saturated carbocycles. The number of hydrogen-bond donors (Lipinski definition) is 1. The fourth-order valence-corrected chi connectivity index (χ4v) is 0.549. The maximum absolute atomic E-state index is 10.8. The van der Waals surface area contributed by atoms with Crippen molar-refractivity contribution in [3.05, 3.63) is 0 Å². The number of esters is 1. The Labute approximate surface area is 70.5 Å². The second-order valence-electron chi connectivity index (χ2n) is 3.41. The van der Waals surface area contributed by atoms with Crippen LogP contribution in [0.2, 0.25) is 0 Å². The van der Waals surface area contributed by atoms with E-state index in [2.05, 4.69) is 5.32 Å². The van der Waals surface area contributed by atoms with Crippen LogP contribution in [-0.2, 0) is 9.53 Å². The third kappa shape index (κ3) is 7.52. The number of rotatable bonds is 4. The van der Waals surface area contributed by atoms with Gasteiger partial charge in [-0.1, -0.05) is 5.24 Å². The Morgan fingerprint density at radius 2 is 2.09 bits per heavy atom. The number of carbonyl (C=O) groups excluding carboxylic acids is 1. The Balaban J connectivity index is 3.46. The molecule has 0 heterocycles. The molecule has 3 nitrogen and oxygen atoms in total. The highest BCUT2D eigenvalue weighted by molar-refractivity contribution is 6.59. The summed E-state index contributed by atoms with van der Waals surface area (Å²) in [6.07, 6.45) is 0. The van der Waals surface area contributed by atoms with E-state index in [9.17, 15) is 4.79 Å². The van der Waals surface area contributed by atoms with E-state index in [1.807, 2.05) is 23.5 Å². The van der Waals surface area contributed by atoms with Crippen LogP contribution in [0.4, 0.5) is 0 Å². The topological polar surface area (TPSA) is 38.3 Å². The molecular weight excluding hydrogens is 138 g/mol. The molecule has 0 aromatic carbocycles. The predicted molar refractivity (Wildman–Crippen MR) is 53.0 cm³/mol. The second kappa shape index (κ2) is 4.49. The van der Waals surface area contributed by atoms with Crippen LogP contribution in [0.5, 0.6) is 0 Å². The lowest BCUT2D eigenvalue weighted by Crippen LogP contribution is -2.49. The molecule has 0 spiro atoms. The molecule has 0 aliphatic heterocycles. The summed E-state index contributed by atoms with van der Waals surface area (Å²) in [7, 11) is 6.02. The van der Waals surface area contributed by atoms with Crippen molar-refractivity contribution in [3.63, 3.8) is 0 Å². The molecular formula is C5H14B3NO2. The summed E-state index contributed by atoms with van der Waals surface area (Å²) in [6, 6.07) is 0. The van der Waals surface area contributed by atoms with Crippen molar-refractivity contribution in [2.75, 3.05) is 13.2 Å². The lowest BCUT2D eigenvalue weighted by Gasteiger charge is -2.19. The van der Waals surface area contributed by atoms with E-state index in [-0.39, 0.29) is 17.8 Å². The molecule has 1 N–H and O–H groups in total. The Bertz CT molecular complexity index is 134. The van der Waals surface area contributed by atoms with Crippen LogP contribution >= 0.6 is 0 Å². The van der Waals surface area contributed by atoms with Crippen molar-refractivity contribution < 1.29 is 9.53 Å². The quantitative estimate of drug-likeness (QED) is 0.338. The van der Waals surface area contributed by atoms with Gasteiger partial charge in [-0.15, -0.1) is 0 Å². The van der Waals surface area contributed by atoms with E-state index in [4.69, 9.17) is 4.74 Å². The first-order chi connectivity index (χ1) is 4.95. The highest BCUT2D eigenvalue weighted by Gasteiger charge is 2.11. The molecule has 11 heavy (non-hydrogen) atoms. The van der Waals surface area contributed by atoms with Crippen molar-refractivity contribution in [3.8, 4) is 0 Å². The normalized spacial score (nSPS) is 11.0. The maximum Gasteiger partial charge on any atom is 0.319 e. The lowest BCUT2D eigenvalue weighted by molar-refractivity contribution is -0.142. The minimum atomic E-state index is -0.192. The minimum absolute atomic E-state index is 0.0211. The van der Waals surface area contributed by atoms with Crippen molar-refractivity contribution in [2.24, 2.45) is 0 Å². The third-order valence-corrected chi connectivity index (χ3v) is 1.07. The average molecular weight is 153 g/mol. The standard InChI is InChI=1S/C5H14B3NO2/c1-2-11-4(10)3-9-5(6,7)8/h9H,2-3,6-8H2,1H3. The highest BCUT2D eigenvalue weighted by Crippen LogP contribution is 1.82. The molecule has 60 valence electrons. The van der Waals surface area contributed by atoms with Crippen LogP contribution < -0.4 is 5.32 Å². The molecule has 0 saturated heterocycles. The van der Waals surface area contributed by atoms with E-state index in [0.717, 1.165) is 0 Å². The van der Waals surface area contributed by atoms with Gasteiger partial charge in [0.15, 0.2) is 0 Å². The minimum Gasteiger partial charge on any atom is -0.465 e. The zero-order chi connectivity index (χ0) is 8.91. The first-order valence-corrected chi connectivity index (χ1v) is 3.86. The van der Waals surface area contributed by atoms with Gasteiger partial charge in [-0.05, 0) is 6.92 Å². The molecule has 0 aliphatic rings. The SMILES string of the molecule is BC(B)(B)NCC(=O)OCC. The third-order valence-electron chi connectivity index (χ3n) is 1.07. The van der Waals surface area contributed by atoms with E-state index < -0.39 is 0 Å². The van der Waals surface area contributed by atoms with Gasteiger partial charge in [-0.3, -0.25) is 4.79 Å². The first kappa shape index (κ1) is 10.6. The van der Waals surface area contributed by atoms with Crippen LogP contribution in [0.15, 0.2) is 0 Å². The van der Waals surface area contributed by atoms with Gasteiger partial charge < -0.3 is 10.1 Å². The zero-order valence-corrected chi connectivity index (χ0v) is 7.73. The molecule has 0 aromatic heterocycles. The van der Waals surface area contributed by atoms with E-state index >= 15 is 0 Å². The van der Waals surface area contributed by atoms with Crippen molar-refractivity contribution in [2.45, 2.75) is 12.2 Å². The Morgan fingerprint density at radius 3 is 2.45 bits per heavy atom. The molecule has 0 aliphatic carbocycles. The number of ether oxygens (including phenoxy) is 1. The molecule has 0 amide bonds. The summed E-state index contributed by atoms with van der Waals surface area (Å²) in [6.45, 7) is 2.54. The van der Waals surface area contributed by atoms with Gasteiger partial charge in [-0.2, -0.15) is 0 Å². The Hall–Kier alpha value is -0.375. The van der Waals surface area contributed by atoms with Gasteiger partial charge in [0.1, 0.15) is 23.5 Å². The average Bonchev–Trinajstić information content (AvgIpc) is 1.83. The van der Waals surface area contributed by atoms with Crippen LogP contribution in [-0.4, -0.2) is 47.9 Å². The van der Waals surface area contributed by atoms with Gasteiger partial charge in [0.25, 0.3) is 0 Å². The molecule has 6 heteroatoms. The largest absolute Gasteiger partial charge is 0.465 e. The molecule has 0 aromatic rings. The van der Waals surface area contributed by atoms with Gasteiger partial charge >= 0.3 is 5.97 Å². The molecule has 0 fully saturated rings. The summed E-state index contributed by atoms with van der Waals surface area (Å²) >= 11 is 0. The highest BCUT2D eigenvalue weighted by atomic mass is 16.5. The molecule has 0 unspecified atom stereocenters. The summed E-state index contributed by atoms with van der Waals surface area (Å²) in [5.41, 5.74) is 0. The lowest BCUT2D eigenvalue weighted by atomic mass is 9.49. The van der Waals surface area contributed by atoms with Gasteiger partial charge in [0.2, 0.25) is 0 Å².